The normalized spacial score (nSPS) is 15.5. The third kappa shape index (κ3) is 5.53. The summed E-state index contributed by atoms with van der Waals surface area (Å²) in [5, 5.41) is 0. The Balaban J connectivity index is 1.66. The van der Waals surface area contributed by atoms with E-state index < -0.39 is 0 Å². The van der Waals surface area contributed by atoms with Crippen LogP contribution in [-0.2, 0) is 9.59 Å². The molecule has 1 aliphatic rings. The number of carbonyl (C=O) groups excluding carboxylic acids is 2. The maximum absolute atomic E-state index is 12.3. The number of benzene rings is 1. The van der Waals surface area contributed by atoms with Crippen molar-refractivity contribution in [3.8, 4) is 5.75 Å². The molecular formula is C18H27N3O3. The van der Waals surface area contributed by atoms with Crippen LogP contribution in [0.25, 0.3) is 0 Å². The smallest absolute Gasteiger partial charge is 0.236 e. The Labute approximate surface area is 143 Å². The Morgan fingerprint density at radius 1 is 1.25 bits per heavy atom. The number of nitrogens with zero attached hydrogens (tertiary/aromatic N) is 2. The minimum atomic E-state index is -0.257. The lowest BCUT2D eigenvalue weighted by Gasteiger charge is -2.31. The maximum Gasteiger partial charge on any atom is 0.236 e. The highest BCUT2D eigenvalue weighted by Gasteiger charge is 2.26. The van der Waals surface area contributed by atoms with E-state index in [0.717, 1.165) is 5.75 Å². The van der Waals surface area contributed by atoms with E-state index in [4.69, 9.17) is 10.5 Å². The van der Waals surface area contributed by atoms with Crippen LogP contribution in [0.5, 0.6) is 5.75 Å². The lowest BCUT2D eigenvalue weighted by atomic mass is 9.96. The number of aryl methyl sites for hydroxylation is 1. The molecule has 1 aliphatic heterocycles. The zero-order valence-electron chi connectivity index (χ0n) is 14.5. The van der Waals surface area contributed by atoms with Crippen molar-refractivity contribution in [2.45, 2.75) is 19.8 Å². The molecule has 6 nitrogen and oxygen atoms in total. The lowest BCUT2D eigenvalue weighted by Crippen LogP contribution is -2.45. The number of piperidine rings is 1. The van der Waals surface area contributed by atoms with Crippen LogP contribution in [0.15, 0.2) is 24.3 Å². The Morgan fingerprint density at radius 2 is 1.88 bits per heavy atom. The van der Waals surface area contributed by atoms with Gasteiger partial charge in [-0.1, -0.05) is 17.7 Å². The van der Waals surface area contributed by atoms with Gasteiger partial charge in [0.1, 0.15) is 12.4 Å². The predicted octanol–water partition coefficient (Wildman–Crippen LogP) is 1.03. The number of ether oxygens (including phenoxy) is 1. The molecule has 1 fully saturated rings. The van der Waals surface area contributed by atoms with Crippen molar-refractivity contribution in [1.29, 1.82) is 0 Å². The van der Waals surface area contributed by atoms with Crippen LogP contribution in [0.2, 0.25) is 0 Å². The topological polar surface area (TPSA) is 75.9 Å². The molecule has 0 aliphatic carbocycles. The molecular weight excluding hydrogens is 306 g/mol. The molecule has 0 radical (unpaired) electrons. The van der Waals surface area contributed by atoms with Gasteiger partial charge in [-0.05, 0) is 38.9 Å². The number of likely N-dealkylation sites (tertiary alicyclic amines) is 1. The number of primary amides is 1. The molecule has 0 saturated carbocycles. The van der Waals surface area contributed by atoms with Gasteiger partial charge in [0.25, 0.3) is 0 Å². The zero-order valence-corrected chi connectivity index (χ0v) is 14.5. The van der Waals surface area contributed by atoms with Gasteiger partial charge in [0.2, 0.25) is 11.8 Å². The number of rotatable bonds is 7. The van der Waals surface area contributed by atoms with Crippen molar-refractivity contribution >= 4 is 11.8 Å². The summed E-state index contributed by atoms with van der Waals surface area (Å²) < 4.78 is 5.68. The van der Waals surface area contributed by atoms with E-state index in [2.05, 4.69) is 0 Å². The van der Waals surface area contributed by atoms with Crippen LogP contribution in [0.3, 0.4) is 0 Å². The van der Waals surface area contributed by atoms with Gasteiger partial charge in [-0.2, -0.15) is 0 Å². The summed E-state index contributed by atoms with van der Waals surface area (Å²) in [4.78, 5) is 27.2. The second kappa shape index (κ2) is 8.68. The van der Waals surface area contributed by atoms with Gasteiger partial charge >= 0.3 is 0 Å². The molecule has 2 rings (SSSR count). The van der Waals surface area contributed by atoms with Crippen LogP contribution in [0.4, 0.5) is 0 Å². The van der Waals surface area contributed by atoms with Crippen LogP contribution in [-0.4, -0.2) is 61.4 Å². The number of likely N-dealkylation sites (N-methyl/N-ethyl adjacent to an activating group) is 1. The molecule has 1 heterocycles. The zero-order chi connectivity index (χ0) is 17.5. The molecule has 6 heteroatoms. The first-order valence-corrected chi connectivity index (χ1v) is 8.41. The molecule has 0 bridgehead atoms. The van der Waals surface area contributed by atoms with E-state index in [0.29, 0.717) is 45.6 Å². The van der Waals surface area contributed by atoms with Gasteiger partial charge in [0.05, 0.1) is 6.54 Å². The number of hydrogen-bond acceptors (Lipinski definition) is 4. The van der Waals surface area contributed by atoms with Gasteiger partial charge in [-0.15, -0.1) is 0 Å². The second-order valence-electron chi connectivity index (χ2n) is 6.46. The molecule has 0 atom stereocenters. The molecule has 0 unspecified atom stereocenters. The Hall–Kier alpha value is -2.08. The highest BCUT2D eigenvalue weighted by Crippen LogP contribution is 2.16. The van der Waals surface area contributed by atoms with Gasteiger partial charge in [-0.25, -0.2) is 0 Å². The first kappa shape index (κ1) is 18.3. The van der Waals surface area contributed by atoms with Crippen LogP contribution < -0.4 is 10.5 Å². The standard InChI is InChI=1S/C18H27N3O3/c1-14-3-5-16(6-4-14)24-12-11-20(2)13-17(22)21-9-7-15(8-10-21)18(19)23/h3-6,15H,7-13H2,1-2H3,(H2,19,23). The number of hydrogen-bond donors (Lipinski definition) is 1. The molecule has 1 saturated heterocycles. The molecule has 132 valence electrons. The highest BCUT2D eigenvalue weighted by molar-refractivity contribution is 5.80. The summed E-state index contributed by atoms with van der Waals surface area (Å²) in [6, 6.07) is 7.92. The third-order valence-corrected chi connectivity index (χ3v) is 4.42. The van der Waals surface area contributed by atoms with Gasteiger partial charge in [0, 0.05) is 25.6 Å². The minimum absolute atomic E-state index is 0.0883. The molecule has 24 heavy (non-hydrogen) atoms. The van der Waals surface area contributed by atoms with Crippen LogP contribution >= 0.6 is 0 Å². The van der Waals surface area contributed by atoms with Crippen molar-refractivity contribution in [2.24, 2.45) is 11.7 Å². The van der Waals surface area contributed by atoms with Crippen molar-refractivity contribution in [3.63, 3.8) is 0 Å². The third-order valence-electron chi connectivity index (χ3n) is 4.42. The lowest BCUT2D eigenvalue weighted by molar-refractivity contribution is -0.135. The number of amides is 2. The van der Waals surface area contributed by atoms with Gasteiger partial charge < -0.3 is 15.4 Å². The quantitative estimate of drug-likeness (QED) is 0.809. The fraction of sp³-hybridized carbons (Fsp3) is 0.556. The molecule has 0 spiro atoms. The summed E-state index contributed by atoms with van der Waals surface area (Å²) in [5.41, 5.74) is 6.52. The van der Waals surface area contributed by atoms with Gasteiger partial charge in [-0.3, -0.25) is 14.5 Å². The van der Waals surface area contributed by atoms with Crippen molar-refractivity contribution in [1.82, 2.24) is 9.80 Å². The molecule has 0 aromatic heterocycles. The molecule has 2 N–H and O–H groups in total. The van der Waals surface area contributed by atoms with E-state index in [1.54, 1.807) is 0 Å². The van der Waals surface area contributed by atoms with Crippen molar-refractivity contribution in [2.75, 3.05) is 39.8 Å². The molecule has 1 aromatic carbocycles. The van der Waals surface area contributed by atoms with Gasteiger partial charge in [0.15, 0.2) is 0 Å². The van der Waals surface area contributed by atoms with Crippen molar-refractivity contribution < 1.29 is 14.3 Å². The summed E-state index contributed by atoms with van der Waals surface area (Å²) >= 11 is 0. The summed E-state index contributed by atoms with van der Waals surface area (Å²) in [5.74, 6) is 0.590. The van der Waals surface area contributed by atoms with E-state index in [1.165, 1.54) is 5.56 Å². The monoisotopic (exact) mass is 333 g/mol. The second-order valence-corrected chi connectivity index (χ2v) is 6.46. The van der Waals surface area contributed by atoms with Crippen LogP contribution in [0, 0.1) is 12.8 Å². The van der Waals surface area contributed by atoms with E-state index >= 15 is 0 Å². The fourth-order valence-corrected chi connectivity index (χ4v) is 2.78. The number of carbonyl (C=O) groups is 2. The first-order valence-electron chi connectivity index (χ1n) is 8.41. The Morgan fingerprint density at radius 3 is 2.46 bits per heavy atom. The molecule has 2 amide bonds. The van der Waals surface area contributed by atoms with E-state index in [-0.39, 0.29) is 17.7 Å². The SMILES string of the molecule is Cc1ccc(OCCN(C)CC(=O)N2CCC(C(N)=O)CC2)cc1. The van der Waals surface area contributed by atoms with Crippen molar-refractivity contribution in [3.05, 3.63) is 29.8 Å². The highest BCUT2D eigenvalue weighted by atomic mass is 16.5. The first-order chi connectivity index (χ1) is 11.5. The summed E-state index contributed by atoms with van der Waals surface area (Å²) in [7, 11) is 1.91. The number of nitrogens with two attached hydrogens (primary N) is 1. The van der Waals surface area contributed by atoms with Crippen LogP contribution in [0.1, 0.15) is 18.4 Å². The van der Waals surface area contributed by atoms with E-state index in [9.17, 15) is 9.59 Å². The largest absolute Gasteiger partial charge is 0.492 e. The fourth-order valence-electron chi connectivity index (χ4n) is 2.78. The Kier molecular flexibility index (Phi) is 6.61. The summed E-state index contributed by atoms with van der Waals surface area (Å²) in [6.45, 7) is 4.84. The average Bonchev–Trinajstić information content (AvgIpc) is 2.56. The molecule has 1 aromatic rings. The Bertz CT molecular complexity index is 551. The van der Waals surface area contributed by atoms with E-state index in [1.807, 2.05) is 48.0 Å². The summed E-state index contributed by atoms with van der Waals surface area (Å²) in [6.07, 6.45) is 1.34. The predicted molar refractivity (Wildman–Crippen MR) is 92.7 cm³/mol. The minimum Gasteiger partial charge on any atom is -0.492 e. The average molecular weight is 333 g/mol. The maximum atomic E-state index is 12.3.